The summed E-state index contributed by atoms with van der Waals surface area (Å²) >= 11 is 0. The summed E-state index contributed by atoms with van der Waals surface area (Å²) in [5.74, 6) is 1.43. The summed E-state index contributed by atoms with van der Waals surface area (Å²) in [5.41, 5.74) is 4.47. The molecule has 0 atom stereocenters. The summed E-state index contributed by atoms with van der Waals surface area (Å²) < 4.78 is 7.18. The molecular weight excluding hydrogens is 366 g/mol. The number of amides is 1. The van der Waals surface area contributed by atoms with Gasteiger partial charge in [-0.15, -0.1) is 0 Å². The topological polar surface area (TPSA) is 80.5 Å². The fraction of sp³-hybridized carbons (Fsp3) is 0.136. The second-order valence-electron chi connectivity index (χ2n) is 6.58. The van der Waals surface area contributed by atoms with Crippen molar-refractivity contribution < 1.29 is 9.53 Å². The lowest BCUT2D eigenvalue weighted by atomic mass is 10.1. The molecule has 2 aromatic heterocycles. The molecule has 2 N–H and O–H groups in total. The summed E-state index contributed by atoms with van der Waals surface area (Å²) in [6, 6.07) is 15.6. The van der Waals surface area contributed by atoms with Crippen molar-refractivity contribution in [2.45, 2.75) is 13.5 Å². The SMILES string of the molecule is COc1ccc(CNc2nccn3c(-c4cccc(NC(C)=O)c4)cnc23)cc1. The fourth-order valence-electron chi connectivity index (χ4n) is 3.15. The van der Waals surface area contributed by atoms with E-state index >= 15 is 0 Å². The molecule has 146 valence electrons. The molecule has 0 saturated carbocycles. The summed E-state index contributed by atoms with van der Waals surface area (Å²) in [7, 11) is 1.65. The Kier molecular flexibility index (Phi) is 5.11. The van der Waals surface area contributed by atoms with Gasteiger partial charge in [-0.2, -0.15) is 0 Å². The average Bonchev–Trinajstić information content (AvgIpc) is 3.17. The van der Waals surface area contributed by atoms with Crippen molar-refractivity contribution in [3.8, 4) is 17.0 Å². The number of nitrogens with zero attached hydrogens (tertiary/aromatic N) is 3. The number of methoxy groups -OCH3 is 1. The van der Waals surface area contributed by atoms with Gasteiger partial charge in [0.1, 0.15) is 5.75 Å². The van der Waals surface area contributed by atoms with Crippen molar-refractivity contribution in [1.29, 1.82) is 0 Å². The zero-order chi connectivity index (χ0) is 20.2. The number of fused-ring (bicyclic) bond motifs is 1. The lowest BCUT2D eigenvalue weighted by Crippen LogP contribution is -2.05. The number of anilines is 2. The van der Waals surface area contributed by atoms with Gasteiger partial charge in [-0.3, -0.25) is 9.20 Å². The first-order valence-corrected chi connectivity index (χ1v) is 9.21. The quantitative estimate of drug-likeness (QED) is 0.523. The first-order chi connectivity index (χ1) is 14.1. The van der Waals surface area contributed by atoms with Crippen LogP contribution < -0.4 is 15.4 Å². The van der Waals surface area contributed by atoms with Crippen molar-refractivity contribution in [3.63, 3.8) is 0 Å². The normalized spacial score (nSPS) is 10.7. The van der Waals surface area contributed by atoms with Gasteiger partial charge in [-0.25, -0.2) is 9.97 Å². The predicted molar refractivity (Wildman–Crippen MR) is 113 cm³/mol. The summed E-state index contributed by atoms with van der Waals surface area (Å²) in [6.07, 6.45) is 5.43. The lowest BCUT2D eigenvalue weighted by Gasteiger charge is -2.09. The zero-order valence-corrected chi connectivity index (χ0v) is 16.2. The lowest BCUT2D eigenvalue weighted by molar-refractivity contribution is -0.114. The maximum atomic E-state index is 11.3. The number of carbonyl (C=O) groups excluding carboxylic acids is 1. The molecule has 7 nitrogen and oxygen atoms in total. The molecule has 4 aromatic rings. The van der Waals surface area contributed by atoms with Crippen LogP contribution in [0.15, 0.2) is 67.1 Å². The van der Waals surface area contributed by atoms with E-state index in [0.29, 0.717) is 12.4 Å². The van der Waals surface area contributed by atoms with Gasteiger partial charge in [-0.1, -0.05) is 24.3 Å². The predicted octanol–water partition coefficient (Wildman–Crippen LogP) is 3.98. The van der Waals surface area contributed by atoms with Crippen molar-refractivity contribution in [2.75, 3.05) is 17.7 Å². The van der Waals surface area contributed by atoms with E-state index in [4.69, 9.17) is 4.74 Å². The van der Waals surface area contributed by atoms with E-state index < -0.39 is 0 Å². The highest BCUT2D eigenvalue weighted by Gasteiger charge is 2.11. The molecule has 4 rings (SSSR count). The highest BCUT2D eigenvalue weighted by Crippen LogP contribution is 2.26. The van der Waals surface area contributed by atoms with Crippen LogP contribution in [0.4, 0.5) is 11.5 Å². The van der Waals surface area contributed by atoms with Crippen LogP contribution in [0.5, 0.6) is 5.75 Å². The van der Waals surface area contributed by atoms with Gasteiger partial charge in [0.05, 0.1) is 19.0 Å². The molecule has 29 heavy (non-hydrogen) atoms. The van der Waals surface area contributed by atoms with E-state index in [-0.39, 0.29) is 5.91 Å². The van der Waals surface area contributed by atoms with Crippen LogP contribution in [-0.2, 0) is 11.3 Å². The van der Waals surface area contributed by atoms with Gasteiger partial charge in [0, 0.05) is 37.1 Å². The first-order valence-electron chi connectivity index (χ1n) is 9.21. The van der Waals surface area contributed by atoms with Crippen molar-refractivity contribution in [2.24, 2.45) is 0 Å². The number of hydrogen-bond acceptors (Lipinski definition) is 5. The molecule has 2 heterocycles. The molecule has 0 aliphatic rings. The minimum Gasteiger partial charge on any atom is -0.497 e. The van der Waals surface area contributed by atoms with E-state index in [1.165, 1.54) is 6.92 Å². The largest absolute Gasteiger partial charge is 0.497 e. The van der Waals surface area contributed by atoms with E-state index in [1.54, 1.807) is 13.3 Å². The van der Waals surface area contributed by atoms with Gasteiger partial charge in [-0.05, 0) is 29.8 Å². The Morgan fingerprint density at radius 3 is 2.72 bits per heavy atom. The molecule has 0 radical (unpaired) electrons. The molecule has 1 amide bonds. The van der Waals surface area contributed by atoms with Crippen LogP contribution >= 0.6 is 0 Å². The molecule has 7 heteroatoms. The average molecular weight is 387 g/mol. The molecule has 0 bridgehead atoms. The van der Waals surface area contributed by atoms with Crippen molar-refractivity contribution in [1.82, 2.24) is 14.4 Å². The van der Waals surface area contributed by atoms with Gasteiger partial charge in [0.25, 0.3) is 0 Å². The summed E-state index contributed by atoms with van der Waals surface area (Å²) in [4.78, 5) is 20.3. The Bertz CT molecular complexity index is 1150. The number of benzene rings is 2. The number of nitrogens with one attached hydrogen (secondary N) is 2. The Labute approximate surface area is 168 Å². The molecule has 0 aliphatic carbocycles. The number of hydrogen-bond donors (Lipinski definition) is 2. The Balaban J connectivity index is 1.60. The maximum absolute atomic E-state index is 11.3. The molecule has 0 spiro atoms. The molecule has 0 unspecified atom stereocenters. The second-order valence-corrected chi connectivity index (χ2v) is 6.58. The number of rotatable bonds is 6. The summed E-state index contributed by atoms with van der Waals surface area (Å²) in [6.45, 7) is 2.12. The van der Waals surface area contributed by atoms with Crippen molar-refractivity contribution >= 4 is 23.1 Å². The van der Waals surface area contributed by atoms with Crippen LogP contribution in [0.25, 0.3) is 16.9 Å². The Morgan fingerprint density at radius 2 is 1.97 bits per heavy atom. The third-order valence-corrected chi connectivity index (χ3v) is 4.53. The van der Waals surface area contributed by atoms with E-state index in [9.17, 15) is 4.79 Å². The van der Waals surface area contributed by atoms with Gasteiger partial charge < -0.3 is 15.4 Å². The molecule has 0 saturated heterocycles. The smallest absolute Gasteiger partial charge is 0.221 e. The second kappa shape index (κ2) is 8.02. The van der Waals surface area contributed by atoms with E-state index in [2.05, 4.69) is 20.6 Å². The number of ether oxygens (including phenoxy) is 1. The van der Waals surface area contributed by atoms with Crippen LogP contribution in [0.2, 0.25) is 0 Å². The van der Waals surface area contributed by atoms with Crippen LogP contribution in [0.3, 0.4) is 0 Å². The van der Waals surface area contributed by atoms with E-state index in [0.717, 1.165) is 33.9 Å². The number of imidazole rings is 1. The minimum atomic E-state index is -0.102. The monoisotopic (exact) mass is 387 g/mol. The van der Waals surface area contributed by atoms with Crippen LogP contribution in [0.1, 0.15) is 12.5 Å². The Morgan fingerprint density at radius 1 is 1.14 bits per heavy atom. The highest BCUT2D eigenvalue weighted by molar-refractivity contribution is 5.89. The maximum Gasteiger partial charge on any atom is 0.221 e. The van der Waals surface area contributed by atoms with Gasteiger partial charge >= 0.3 is 0 Å². The zero-order valence-electron chi connectivity index (χ0n) is 16.2. The van der Waals surface area contributed by atoms with Crippen molar-refractivity contribution in [3.05, 3.63) is 72.7 Å². The highest BCUT2D eigenvalue weighted by atomic mass is 16.5. The fourth-order valence-corrected chi connectivity index (χ4v) is 3.15. The molecular formula is C22H21N5O2. The van der Waals surface area contributed by atoms with Crippen LogP contribution in [-0.4, -0.2) is 27.4 Å². The minimum absolute atomic E-state index is 0.102. The molecule has 0 fully saturated rings. The van der Waals surface area contributed by atoms with E-state index in [1.807, 2.05) is 65.3 Å². The number of carbonyl (C=O) groups is 1. The molecule has 0 aliphatic heterocycles. The molecule has 2 aromatic carbocycles. The van der Waals surface area contributed by atoms with Gasteiger partial charge in [0.15, 0.2) is 11.5 Å². The van der Waals surface area contributed by atoms with Crippen LogP contribution in [0, 0.1) is 0 Å². The Hall–Kier alpha value is -3.87. The first kappa shape index (κ1) is 18.5. The van der Waals surface area contributed by atoms with Gasteiger partial charge in [0.2, 0.25) is 5.91 Å². The third-order valence-electron chi connectivity index (χ3n) is 4.53. The number of aromatic nitrogens is 3. The standard InChI is InChI=1S/C22H21N5O2/c1-15(28)26-18-5-3-4-17(12-18)20-14-25-22-21(23-10-11-27(20)22)24-13-16-6-8-19(29-2)9-7-16/h3-12,14H,13H2,1-2H3,(H,23,24)(H,26,28). The summed E-state index contributed by atoms with van der Waals surface area (Å²) in [5, 5.41) is 6.16. The third kappa shape index (κ3) is 4.03.